The number of hydrogen-bond acceptors (Lipinski definition) is 2. The zero-order chi connectivity index (χ0) is 8.97. The van der Waals surface area contributed by atoms with Gasteiger partial charge in [-0.05, 0) is 23.7 Å². The van der Waals surface area contributed by atoms with Gasteiger partial charge in [0.25, 0.3) is 0 Å². The van der Waals surface area contributed by atoms with E-state index in [1.54, 1.807) is 0 Å². The minimum atomic E-state index is -0.477. The Labute approximate surface area is 68.2 Å². The van der Waals surface area contributed by atoms with Crippen molar-refractivity contribution in [2.24, 2.45) is 5.11 Å². The van der Waals surface area contributed by atoms with E-state index in [4.69, 9.17) is 5.53 Å². The van der Waals surface area contributed by atoms with Gasteiger partial charge < -0.3 is 4.74 Å². The van der Waals surface area contributed by atoms with Crippen molar-refractivity contribution in [2.45, 2.75) is 0 Å². The number of hydrogen-bond donors (Lipinski definition) is 0. The van der Waals surface area contributed by atoms with Crippen LogP contribution >= 0.6 is 0 Å². The third-order valence-corrected chi connectivity index (χ3v) is 1.29. The fraction of sp³-hybridized carbons (Fsp3) is 0.143. The summed E-state index contributed by atoms with van der Waals surface area (Å²) < 4.78 is 17.4. The third-order valence-electron chi connectivity index (χ3n) is 1.29. The average Bonchev–Trinajstić information content (AvgIpc) is 2.09. The highest BCUT2D eigenvalue weighted by molar-refractivity contribution is 5.43. The highest BCUT2D eigenvalue weighted by Crippen LogP contribution is 2.23. The number of halogens is 1. The first-order chi connectivity index (χ1) is 5.77. The normalized spacial score (nSPS) is 8.83. The van der Waals surface area contributed by atoms with Gasteiger partial charge in [-0.25, -0.2) is 4.39 Å². The number of ether oxygens (including phenoxy) is 1. The summed E-state index contributed by atoms with van der Waals surface area (Å²) in [5.41, 5.74) is 8.41. The van der Waals surface area contributed by atoms with Crippen molar-refractivity contribution < 1.29 is 9.13 Å². The summed E-state index contributed by atoms with van der Waals surface area (Å²) in [5, 5.41) is 3.29. The van der Waals surface area contributed by atoms with Gasteiger partial charge in [0.05, 0.1) is 7.11 Å². The van der Waals surface area contributed by atoms with Crippen LogP contribution in [0.15, 0.2) is 23.3 Å². The Morgan fingerprint density at radius 2 is 2.33 bits per heavy atom. The highest BCUT2D eigenvalue weighted by atomic mass is 19.1. The quantitative estimate of drug-likeness (QED) is 0.379. The van der Waals surface area contributed by atoms with E-state index in [-0.39, 0.29) is 5.75 Å². The van der Waals surface area contributed by atoms with Crippen LogP contribution in [0.25, 0.3) is 10.4 Å². The minimum absolute atomic E-state index is 0.0694. The van der Waals surface area contributed by atoms with Crippen molar-refractivity contribution in [3.05, 3.63) is 34.5 Å². The first-order valence-electron chi connectivity index (χ1n) is 3.16. The molecule has 0 aromatic heterocycles. The Bertz CT molecular complexity index is 333. The maximum absolute atomic E-state index is 12.8. The van der Waals surface area contributed by atoms with E-state index in [1.807, 2.05) is 0 Å². The van der Waals surface area contributed by atoms with Gasteiger partial charge in [-0.3, -0.25) is 0 Å². The molecule has 12 heavy (non-hydrogen) atoms. The number of benzene rings is 1. The fourth-order valence-corrected chi connectivity index (χ4v) is 0.762. The lowest BCUT2D eigenvalue weighted by atomic mass is 10.3. The van der Waals surface area contributed by atoms with E-state index in [1.165, 1.54) is 25.3 Å². The van der Waals surface area contributed by atoms with Crippen molar-refractivity contribution in [3.63, 3.8) is 0 Å². The largest absolute Gasteiger partial charge is 0.494 e. The molecule has 0 unspecified atom stereocenters. The maximum atomic E-state index is 12.8. The van der Waals surface area contributed by atoms with Gasteiger partial charge in [-0.15, -0.1) is 0 Å². The molecule has 5 heteroatoms. The van der Waals surface area contributed by atoms with Gasteiger partial charge >= 0.3 is 0 Å². The highest BCUT2D eigenvalue weighted by Gasteiger charge is 2.00. The van der Waals surface area contributed by atoms with Crippen LogP contribution in [-0.2, 0) is 0 Å². The smallest absolute Gasteiger partial charge is 0.165 e. The van der Waals surface area contributed by atoms with Crippen LogP contribution in [0.1, 0.15) is 0 Å². The standard InChI is InChI=1S/C7H6FN3O/c1-12-7-4-5(10-11-9)2-3-6(7)8/h2-4H,1H3. The molecule has 0 saturated heterocycles. The van der Waals surface area contributed by atoms with Crippen LogP contribution in [0, 0.1) is 5.82 Å². The third kappa shape index (κ3) is 1.65. The van der Waals surface area contributed by atoms with E-state index >= 15 is 0 Å². The molecule has 1 aromatic carbocycles. The number of nitrogens with zero attached hydrogens (tertiary/aromatic N) is 3. The first kappa shape index (κ1) is 8.36. The molecule has 4 nitrogen and oxygen atoms in total. The molecular formula is C7H6FN3O. The van der Waals surface area contributed by atoms with Crippen molar-refractivity contribution in [1.82, 2.24) is 0 Å². The molecule has 0 aliphatic rings. The summed E-state index contributed by atoms with van der Waals surface area (Å²) in [4.78, 5) is 2.56. The van der Waals surface area contributed by atoms with Crippen LogP contribution < -0.4 is 4.74 Å². The van der Waals surface area contributed by atoms with Crippen LogP contribution in [-0.4, -0.2) is 7.11 Å². The second-order valence-corrected chi connectivity index (χ2v) is 2.01. The molecule has 62 valence electrons. The molecule has 1 rings (SSSR count). The lowest BCUT2D eigenvalue weighted by molar-refractivity contribution is 0.387. The predicted molar refractivity (Wildman–Crippen MR) is 41.8 cm³/mol. The van der Waals surface area contributed by atoms with Crippen molar-refractivity contribution in [2.75, 3.05) is 7.11 Å². The molecule has 0 fully saturated rings. The molecule has 0 bridgehead atoms. The van der Waals surface area contributed by atoms with Gasteiger partial charge in [-0.2, -0.15) is 0 Å². The summed E-state index contributed by atoms with van der Waals surface area (Å²) in [6.45, 7) is 0. The lowest BCUT2D eigenvalue weighted by Gasteiger charge is -2.00. The molecule has 0 heterocycles. The number of methoxy groups -OCH3 is 1. The second-order valence-electron chi connectivity index (χ2n) is 2.01. The molecule has 0 radical (unpaired) electrons. The Hall–Kier alpha value is -1.74. The van der Waals surface area contributed by atoms with Gasteiger partial charge in [0.15, 0.2) is 11.6 Å². The summed E-state index contributed by atoms with van der Waals surface area (Å²) in [6.07, 6.45) is 0. The fourth-order valence-electron chi connectivity index (χ4n) is 0.762. The lowest BCUT2D eigenvalue weighted by Crippen LogP contribution is -1.85. The predicted octanol–water partition coefficient (Wildman–Crippen LogP) is 2.78. The van der Waals surface area contributed by atoms with Crippen LogP contribution in [0.3, 0.4) is 0 Å². The summed E-state index contributed by atoms with van der Waals surface area (Å²) in [6, 6.07) is 3.88. The van der Waals surface area contributed by atoms with Crippen molar-refractivity contribution >= 4 is 5.69 Å². The van der Waals surface area contributed by atoms with Gasteiger partial charge in [0.2, 0.25) is 0 Å². The second kappa shape index (κ2) is 3.59. The minimum Gasteiger partial charge on any atom is -0.494 e. The molecular weight excluding hydrogens is 161 g/mol. The van der Waals surface area contributed by atoms with Crippen LogP contribution in [0.5, 0.6) is 5.75 Å². The topological polar surface area (TPSA) is 58.0 Å². The Balaban J connectivity index is 3.13. The Morgan fingerprint density at radius 3 is 2.92 bits per heavy atom. The van der Waals surface area contributed by atoms with E-state index in [0.29, 0.717) is 5.69 Å². The van der Waals surface area contributed by atoms with Gasteiger partial charge in [0, 0.05) is 10.6 Å². The summed E-state index contributed by atoms with van der Waals surface area (Å²) >= 11 is 0. The molecule has 0 saturated carbocycles. The zero-order valence-corrected chi connectivity index (χ0v) is 6.36. The van der Waals surface area contributed by atoms with E-state index < -0.39 is 5.82 Å². The molecule has 0 aliphatic heterocycles. The molecule has 0 aliphatic carbocycles. The molecule has 0 N–H and O–H groups in total. The Morgan fingerprint density at radius 1 is 1.58 bits per heavy atom. The SMILES string of the molecule is COc1cc(N=[N+]=[N-])ccc1F. The summed E-state index contributed by atoms with van der Waals surface area (Å²) in [5.74, 6) is -0.408. The zero-order valence-electron chi connectivity index (χ0n) is 6.36. The maximum Gasteiger partial charge on any atom is 0.165 e. The molecule has 0 atom stereocenters. The number of azide groups is 1. The molecule has 0 spiro atoms. The molecule has 0 amide bonds. The van der Waals surface area contributed by atoms with Gasteiger partial charge in [-0.1, -0.05) is 5.11 Å². The first-order valence-corrected chi connectivity index (χ1v) is 3.16. The van der Waals surface area contributed by atoms with E-state index in [2.05, 4.69) is 14.8 Å². The van der Waals surface area contributed by atoms with Crippen molar-refractivity contribution in [1.29, 1.82) is 0 Å². The van der Waals surface area contributed by atoms with E-state index in [9.17, 15) is 4.39 Å². The van der Waals surface area contributed by atoms with Gasteiger partial charge in [0.1, 0.15) is 0 Å². The van der Waals surface area contributed by atoms with E-state index in [0.717, 1.165) is 0 Å². The number of rotatable bonds is 2. The Kier molecular flexibility index (Phi) is 2.50. The summed E-state index contributed by atoms with van der Waals surface area (Å²) in [7, 11) is 1.35. The monoisotopic (exact) mass is 167 g/mol. The average molecular weight is 167 g/mol. The van der Waals surface area contributed by atoms with Crippen molar-refractivity contribution in [3.8, 4) is 5.75 Å². The molecule has 1 aromatic rings. The van der Waals surface area contributed by atoms with Crippen LogP contribution in [0.4, 0.5) is 10.1 Å². The van der Waals surface area contributed by atoms with Crippen LogP contribution in [0.2, 0.25) is 0 Å².